The van der Waals surface area contributed by atoms with Gasteiger partial charge in [-0.2, -0.15) is 0 Å². The molecule has 8 atom stereocenters. The lowest BCUT2D eigenvalue weighted by molar-refractivity contribution is -0.0844. The quantitative estimate of drug-likeness (QED) is 0.442. The van der Waals surface area contributed by atoms with E-state index in [-0.39, 0.29) is 17.6 Å². The first kappa shape index (κ1) is 21.5. The number of allylic oxidation sites excluding steroid dienone is 1. The summed E-state index contributed by atoms with van der Waals surface area (Å²) < 4.78 is 21.2. The van der Waals surface area contributed by atoms with E-state index in [1.807, 2.05) is 6.92 Å². The Morgan fingerprint density at radius 2 is 1.63 bits per heavy atom. The average molecular weight is 421 g/mol. The predicted molar refractivity (Wildman–Crippen MR) is 111 cm³/mol. The second kappa shape index (κ2) is 8.80. The van der Waals surface area contributed by atoms with Crippen LogP contribution in [0.25, 0.3) is 0 Å². The Hall–Kier alpha value is -1.72. The molecule has 168 valence electrons. The molecule has 4 aliphatic rings. The van der Waals surface area contributed by atoms with Crippen LogP contribution in [0, 0.1) is 35.0 Å². The van der Waals surface area contributed by atoms with E-state index < -0.39 is 12.3 Å². The summed E-state index contributed by atoms with van der Waals surface area (Å²) in [6, 6.07) is 0. The van der Waals surface area contributed by atoms with Crippen LogP contribution in [0.5, 0.6) is 0 Å². The summed E-state index contributed by atoms with van der Waals surface area (Å²) in [5.41, 5.74) is 0.0642. The maximum atomic E-state index is 11.9. The summed E-state index contributed by atoms with van der Waals surface area (Å²) >= 11 is 0. The van der Waals surface area contributed by atoms with E-state index in [1.165, 1.54) is 19.3 Å². The SMILES string of the molecule is CCOC(=O)OC1C=C[C@H]2[C@@H](CC[C@@H]3[C@@H]2CC[C@]2(C)[C@@H](OC(=O)OCC)CC[C@@H]32)C1. The second-order valence-electron chi connectivity index (χ2n) is 9.72. The molecule has 4 aliphatic carbocycles. The zero-order chi connectivity index (χ0) is 21.3. The number of hydrogen-bond acceptors (Lipinski definition) is 6. The number of carbonyl (C=O) groups is 2. The van der Waals surface area contributed by atoms with Gasteiger partial charge in [0.1, 0.15) is 12.2 Å². The van der Waals surface area contributed by atoms with Crippen molar-refractivity contribution in [2.24, 2.45) is 35.0 Å². The summed E-state index contributed by atoms with van der Waals surface area (Å²) in [4.78, 5) is 23.6. The summed E-state index contributed by atoms with van der Waals surface area (Å²) in [6.45, 7) is 6.62. The van der Waals surface area contributed by atoms with Gasteiger partial charge in [0.15, 0.2) is 0 Å². The van der Waals surface area contributed by atoms with Crippen molar-refractivity contribution in [1.82, 2.24) is 0 Å². The normalized spacial score (nSPS) is 41.8. The number of ether oxygens (including phenoxy) is 4. The van der Waals surface area contributed by atoms with Crippen molar-refractivity contribution >= 4 is 12.3 Å². The van der Waals surface area contributed by atoms with Crippen molar-refractivity contribution in [2.45, 2.75) is 77.9 Å². The first-order valence-electron chi connectivity index (χ1n) is 11.8. The number of carbonyl (C=O) groups excluding carboxylic acids is 2. The summed E-state index contributed by atoms with van der Waals surface area (Å²) in [5.74, 6) is 3.13. The van der Waals surface area contributed by atoms with E-state index in [0.717, 1.165) is 25.7 Å². The minimum absolute atomic E-state index is 0.0236. The monoisotopic (exact) mass is 420 g/mol. The summed E-state index contributed by atoms with van der Waals surface area (Å²) in [7, 11) is 0. The van der Waals surface area contributed by atoms with E-state index >= 15 is 0 Å². The van der Waals surface area contributed by atoms with E-state index in [9.17, 15) is 9.59 Å². The molecule has 0 aromatic heterocycles. The van der Waals surface area contributed by atoms with Gasteiger partial charge in [-0.1, -0.05) is 13.0 Å². The van der Waals surface area contributed by atoms with Gasteiger partial charge in [0.25, 0.3) is 0 Å². The first-order valence-corrected chi connectivity index (χ1v) is 11.8. The lowest BCUT2D eigenvalue weighted by Crippen LogP contribution is -2.49. The van der Waals surface area contributed by atoms with Gasteiger partial charge >= 0.3 is 12.3 Å². The highest BCUT2D eigenvalue weighted by molar-refractivity contribution is 5.60. The third-order valence-electron chi connectivity index (χ3n) is 8.41. The largest absolute Gasteiger partial charge is 0.508 e. The van der Waals surface area contributed by atoms with Gasteiger partial charge in [-0.3, -0.25) is 0 Å². The van der Waals surface area contributed by atoms with Crippen LogP contribution in [0.2, 0.25) is 0 Å². The Morgan fingerprint density at radius 1 is 0.900 bits per heavy atom. The highest BCUT2D eigenvalue weighted by Gasteiger charge is 2.58. The molecule has 0 heterocycles. The molecular formula is C24H36O6. The fraction of sp³-hybridized carbons (Fsp3) is 0.833. The molecule has 0 amide bonds. The van der Waals surface area contributed by atoms with Crippen LogP contribution >= 0.6 is 0 Å². The Bertz CT molecular complexity index is 675. The van der Waals surface area contributed by atoms with Gasteiger partial charge in [-0.05, 0) is 94.5 Å². The Balaban J connectivity index is 1.42. The summed E-state index contributed by atoms with van der Waals surface area (Å²) in [6.07, 6.45) is 10.8. The number of fused-ring (bicyclic) bond motifs is 5. The van der Waals surface area contributed by atoms with Crippen LogP contribution in [-0.2, 0) is 18.9 Å². The van der Waals surface area contributed by atoms with Gasteiger partial charge in [0.2, 0.25) is 0 Å². The van der Waals surface area contributed by atoms with Gasteiger partial charge in [0.05, 0.1) is 13.2 Å². The Morgan fingerprint density at radius 3 is 2.37 bits per heavy atom. The fourth-order valence-corrected chi connectivity index (χ4v) is 7.14. The minimum atomic E-state index is -0.564. The second-order valence-corrected chi connectivity index (χ2v) is 9.72. The molecule has 0 saturated heterocycles. The van der Waals surface area contributed by atoms with Crippen molar-refractivity contribution in [3.8, 4) is 0 Å². The molecular weight excluding hydrogens is 384 g/mol. The molecule has 0 spiro atoms. The van der Waals surface area contributed by atoms with Crippen molar-refractivity contribution in [3.63, 3.8) is 0 Å². The third kappa shape index (κ3) is 3.94. The molecule has 0 aromatic rings. The van der Waals surface area contributed by atoms with Crippen LogP contribution in [0.4, 0.5) is 9.59 Å². The zero-order valence-corrected chi connectivity index (χ0v) is 18.5. The molecule has 3 fully saturated rings. The topological polar surface area (TPSA) is 71.1 Å². The molecule has 0 aliphatic heterocycles. The van der Waals surface area contributed by atoms with Crippen molar-refractivity contribution < 1.29 is 28.5 Å². The molecule has 3 saturated carbocycles. The molecule has 1 unspecified atom stereocenters. The van der Waals surface area contributed by atoms with Crippen LogP contribution in [0.3, 0.4) is 0 Å². The molecule has 0 radical (unpaired) electrons. The Labute approximate surface area is 179 Å². The molecule has 0 bridgehead atoms. The third-order valence-corrected chi connectivity index (χ3v) is 8.41. The predicted octanol–water partition coefficient (Wildman–Crippen LogP) is 5.50. The molecule has 30 heavy (non-hydrogen) atoms. The van der Waals surface area contributed by atoms with E-state index in [1.54, 1.807) is 6.92 Å². The average Bonchev–Trinajstić information content (AvgIpc) is 3.04. The standard InChI is InChI=1S/C24H36O6/c1-4-27-22(25)29-16-7-9-17-15(14-16)6-8-19-18(17)12-13-24(3)20(19)10-11-21(24)30-23(26)28-5-2/h7,9,15-21H,4-6,8,10-14H2,1-3H3/t15-,16?,17-,18+,19+,20-,21-,24-/m0/s1. The maximum Gasteiger partial charge on any atom is 0.508 e. The maximum absolute atomic E-state index is 11.9. The van der Waals surface area contributed by atoms with E-state index in [0.29, 0.717) is 42.8 Å². The van der Waals surface area contributed by atoms with Gasteiger partial charge in [-0.25, -0.2) is 9.59 Å². The zero-order valence-electron chi connectivity index (χ0n) is 18.5. The lowest BCUT2D eigenvalue weighted by atomic mass is 9.51. The van der Waals surface area contributed by atoms with Gasteiger partial charge < -0.3 is 18.9 Å². The molecule has 4 rings (SSSR count). The highest BCUT2D eigenvalue weighted by Crippen LogP contribution is 2.62. The van der Waals surface area contributed by atoms with Crippen molar-refractivity contribution in [3.05, 3.63) is 12.2 Å². The van der Waals surface area contributed by atoms with E-state index in [2.05, 4.69) is 19.1 Å². The summed E-state index contributed by atoms with van der Waals surface area (Å²) in [5, 5.41) is 0. The van der Waals surface area contributed by atoms with Crippen LogP contribution in [-0.4, -0.2) is 37.7 Å². The van der Waals surface area contributed by atoms with Gasteiger partial charge in [0, 0.05) is 5.41 Å². The molecule has 0 N–H and O–H groups in total. The van der Waals surface area contributed by atoms with Crippen LogP contribution < -0.4 is 0 Å². The first-order chi connectivity index (χ1) is 14.5. The van der Waals surface area contributed by atoms with Gasteiger partial charge in [-0.15, -0.1) is 0 Å². The Kier molecular flexibility index (Phi) is 6.31. The van der Waals surface area contributed by atoms with Crippen molar-refractivity contribution in [2.75, 3.05) is 13.2 Å². The van der Waals surface area contributed by atoms with Crippen LogP contribution in [0.15, 0.2) is 12.2 Å². The number of hydrogen-bond donors (Lipinski definition) is 0. The molecule has 6 heteroatoms. The smallest absolute Gasteiger partial charge is 0.435 e. The molecule has 6 nitrogen and oxygen atoms in total. The molecule has 0 aromatic carbocycles. The van der Waals surface area contributed by atoms with E-state index in [4.69, 9.17) is 18.9 Å². The number of rotatable bonds is 4. The van der Waals surface area contributed by atoms with Crippen molar-refractivity contribution in [1.29, 1.82) is 0 Å². The minimum Gasteiger partial charge on any atom is -0.435 e. The highest BCUT2D eigenvalue weighted by atomic mass is 16.7. The lowest BCUT2D eigenvalue weighted by Gasteiger charge is -2.54. The fourth-order valence-electron chi connectivity index (χ4n) is 7.14. The van der Waals surface area contributed by atoms with Crippen LogP contribution in [0.1, 0.15) is 65.7 Å².